The van der Waals surface area contributed by atoms with E-state index in [0.29, 0.717) is 28.6 Å². The largest absolute Gasteiger partial charge is 0.339 e. The molecular weight excluding hydrogens is 367 g/mol. The first-order valence-electron chi connectivity index (χ1n) is 8.66. The molecule has 0 radical (unpaired) electrons. The van der Waals surface area contributed by atoms with Gasteiger partial charge < -0.3 is 9.42 Å². The quantitative estimate of drug-likeness (QED) is 0.623. The molecule has 0 unspecified atom stereocenters. The molecule has 2 aromatic heterocycles. The standard InChI is InChI=1S/C19H17FN4O2S/c20-15-6-3-13(4-7-15)18-22-16(23-26-18)12-27-17-8-5-14(11-21-17)19(25)24-9-1-2-10-24/h3-8,11H,1-2,9-10,12H2. The van der Waals surface area contributed by atoms with Crippen molar-refractivity contribution in [1.82, 2.24) is 20.0 Å². The van der Waals surface area contributed by atoms with E-state index >= 15 is 0 Å². The number of carbonyl (C=O) groups excluding carboxylic acids is 1. The number of thioether (sulfide) groups is 1. The highest BCUT2D eigenvalue weighted by atomic mass is 32.2. The summed E-state index contributed by atoms with van der Waals surface area (Å²) in [5.41, 5.74) is 1.28. The summed E-state index contributed by atoms with van der Waals surface area (Å²) in [7, 11) is 0. The Labute approximate surface area is 159 Å². The van der Waals surface area contributed by atoms with Crippen LogP contribution in [0.4, 0.5) is 4.39 Å². The van der Waals surface area contributed by atoms with Gasteiger partial charge in [0.25, 0.3) is 11.8 Å². The van der Waals surface area contributed by atoms with Gasteiger partial charge in [-0.15, -0.1) is 0 Å². The molecule has 1 fully saturated rings. The smallest absolute Gasteiger partial charge is 0.257 e. The van der Waals surface area contributed by atoms with Crippen LogP contribution in [0.2, 0.25) is 0 Å². The molecule has 0 aliphatic carbocycles. The molecule has 3 aromatic rings. The number of rotatable bonds is 5. The molecule has 1 aliphatic rings. The third-order valence-corrected chi connectivity index (χ3v) is 5.22. The van der Waals surface area contributed by atoms with Gasteiger partial charge in [0, 0.05) is 24.8 Å². The van der Waals surface area contributed by atoms with Crippen molar-refractivity contribution in [2.75, 3.05) is 13.1 Å². The fourth-order valence-corrected chi connectivity index (χ4v) is 3.54. The Hall–Kier alpha value is -2.74. The fraction of sp³-hybridized carbons (Fsp3) is 0.263. The van der Waals surface area contributed by atoms with Crippen LogP contribution < -0.4 is 0 Å². The lowest BCUT2D eigenvalue weighted by Crippen LogP contribution is -2.27. The Balaban J connectivity index is 1.36. The van der Waals surface area contributed by atoms with Gasteiger partial charge in [-0.2, -0.15) is 4.98 Å². The molecule has 3 heterocycles. The maximum absolute atomic E-state index is 13.0. The molecule has 0 atom stereocenters. The Morgan fingerprint density at radius 3 is 2.63 bits per heavy atom. The lowest BCUT2D eigenvalue weighted by molar-refractivity contribution is 0.0792. The lowest BCUT2D eigenvalue weighted by Gasteiger charge is -2.14. The number of carbonyl (C=O) groups is 1. The van der Waals surface area contributed by atoms with Gasteiger partial charge in [0.1, 0.15) is 5.82 Å². The van der Waals surface area contributed by atoms with Crippen molar-refractivity contribution in [1.29, 1.82) is 0 Å². The van der Waals surface area contributed by atoms with E-state index in [-0.39, 0.29) is 11.7 Å². The minimum absolute atomic E-state index is 0.0404. The van der Waals surface area contributed by atoms with E-state index in [1.165, 1.54) is 23.9 Å². The average molecular weight is 384 g/mol. The second kappa shape index (κ2) is 7.87. The summed E-state index contributed by atoms with van der Waals surface area (Å²) in [5, 5.41) is 4.72. The molecule has 1 saturated heterocycles. The monoisotopic (exact) mass is 384 g/mol. The zero-order chi connectivity index (χ0) is 18.6. The number of nitrogens with zero attached hydrogens (tertiary/aromatic N) is 4. The fourth-order valence-electron chi connectivity index (χ4n) is 2.86. The first-order chi connectivity index (χ1) is 13.2. The van der Waals surface area contributed by atoms with Crippen molar-refractivity contribution in [3.63, 3.8) is 0 Å². The first kappa shape index (κ1) is 17.7. The third-order valence-electron chi connectivity index (χ3n) is 4.28. The van der Waals surface area contributed by atoms with Crippen LogP contribution in [0.3, 0.4) is 0 Å². The predicted octanol–water partition coefficient (Wildman–Crippen LogP) is 3.80. The number of halogens is 1. The molecule has 1 aliphatic heterocycles. The van der Waals surface area contributed by atoms with Gasteiger partial charge in [0.15, 0.2) is 5.82 Å². The number of pyridine rings is 1. The minimum Gasteiger partial charge on any atom is -0.339 e. The molecule has 6 nitrogen and oxygen atoms in total. The highest BCUT2D eigenvalue weighted by Gasteiger charge is 2.19. The zero-order valence-electron chi connectivity index (χ0n) is 14.5. The SMILES string of the molecule is O=C(c1ccc(SCc2noc(-c3ccc(F)cc3)n2)nc1)N1CCCC1. The molecule has 0 bridgehead atoms. The second-order valence-corrected chi connectivity index (χ2v) is 7.19. The summed E-state index contributed by atoms with van der Waals surface area (Å²) in [4.78, 5) is 22.8. The lowest BCUT2D eigenvalue weighted by atomic mass is 10.2. The summed E-state index contributed by atoms with van der Waals surface area (Å²) < 4.78 is 18.2. The van der Waals surface area contributed by atoms with Crippen LogP contribution in [0.5, 0.6) is 0 Å². The van der Waals surface area contributed by atoms with Gasteiger partial charge in [0.05, 0.1) is 16.3 Å². The number of hydrogen-bond donors (Lipinski definition) is 0. The van der Waals surface area contributed by atoms with Crippen molar-refractivity contribution in [3.8, 4) is 11.5 Å². The topological polar surface area (TPSA) is 72.1 Å². The summed E-state index contributed by atoms with van der Waals surface area (Å²) in [5.74, 6) is 1.09. The van der Waals surface area contributed by atoms with Crippen LogP contribution in [0.1, 0.15) is 29.0 Å². The van der Waals surface area contributed by atoms with Gasteiger partial charge in [-0.3, -0.25) is 4.79 Å². The first-order valence-corrected chi connectivity index (χ1v) is 9.64. The van der Waals surface area contributed by atoms with Gasteiger partial charge in [-0.1, -0.05) is 16.9 Å². The van der Waals surface area contributed by atoms with E-state index in [1.807, 2.05) is 11.0 Å². The van der Waals surface area contributed by atoms with Crippen molar-refractivity contribution in [2.45, 2.75) is 23.6 Å². The molecule has 138 valence electrons. The molecule has 0 spiro atoms. The van der Waals surface area contributed by atoms with Crippen molar-refractivity contribution < 1.29 is 13.7 Å². The van der Waals surface area contributed by atoms with Gasteiger partial charge in [0.2, 0.25) is 0 Å². The Morgan fingerprint density at radius 2 is 1.93 bits per heavy atom. The zero-order valence-corrected chi connectivity index (χ0v) is 15.3. The second-order valence-electron chi connectivity index (χ2n) is 6.20. The van der Waals surface area contributed by atoms with E-state index in [2.05, 4.69) is 15.1 Å². The maximum atomic E-state index is 13.0. The van der Waals surface area contributed by atoms with Crippen LogP contribution in [0, 0.1) is 5.82 Å². The molecular formula is C19H17FN4O2S. The Kier molecular flexibility index (Phi) is 5.15. The van der Waals surface area contributed by atoms with Crippen LogP contribution in [0.15, 0.2) is 52.1 Å². The predicted molar refractivity (Wildman–Crippen MR) is 98.6 cm³/mol. The maximum Gasteiger partial charge on any atom is 0.257 e. The van der Waals surface area contributed by atoms with E-state index < -0.39 is 0 Å². The number of benzene rings is 1. The van der Waals surface area contributed by atoms with Crippen LogP contribution >= 0.6 is 11.8 Å². The minimum atomic E-state index is -0.313. The normalized spacial score (nSPS) is 13.9. The van der Waals surface area contributed by atoms with E-state index in [1.54, 1.807) is 24.4 Å². The van der Waals surface area contributed by atoms with Crippen LogP contribution in [0.25, 0.3) is 11.5 Å². The molecule has 4 rings (SSSR count). The number of amides is 1. The van der Waals surface area contributed by atoms with Gasteiger partial charge >= 0.3 is 0 Å². The van der Waals surface area contributed by atoms with Crippen molar-refractivity contribution >= 4 is 17.7 Å². The van der Waals surface area contributed by atoms with E-state index in [0.717, 1.165) is 31.0 Å². The summed E-state index contributed by atoms with van der Waals surface area (Å²) in [6, 6.07) is 9.52. The highest BCUT2D eigenvalue weighted by Crippen LogP contribution is 2.23. The Bertz CT molecular complexity index is 922. The summed E-state index contributed by atoms with van der Waals surface area (Å²) in [6.45, 7) is 1.65. The highest BCUT2D eigenvalue weighted by molar-refractivity contribution is 7.98. The van der Waals surface area contributed by atoms with Gasteiger partial charge in [-0.25, -0.2) is 9.37 Å². The summed E-state index contributed by atoms with van der Waals surface area (Å²) in [6.07, 6.45) is 3.75. The van der Waals surface area contributed by atoms with Crippen LogP contribution in [-0.4, -0.2) is 39.0 Å². The molecule has 1 aromatic carbocycles. The molecule has 8 heteroatoms. The average Bonchev–Trinajstić information content (AvgIpc) is 3.39. The van der Waals surface area contributed by atoms with Gasteiger partial charge in [-0.05, 0) is 49.2 Å². The summed E-state index contributed by atoms with van der Waals surface area (Å²) >= 11 is 1.46. The van der Waals surface area contributed by atoms with Crippen LogP contribution in [-0.2, 0) is 5.75 Å². The molecule has 0 N–H and O–H groups in total. The van der Waals surface area contributed by atoms with E-state index in [4.69, 9.17) is 4.52 Å². The number of likely N-dealkylation sites (tertiary alicyclic amines) is 1. The molecule has 27 heavy (non-hydrogen) atoms. The van der Waals surface area contributed by atoms with Crippen molar-refractivity contribution in [3.05, 3.63) is 59.8 Å². The number of aromatic nitrogens is 3. The third kappa shape index (κ3) is 4.16. The number of hydrogen-bond acceptors (Lipinski definition) is 6. The Morgan fingerprint density at radius 1 is 1.15 bits per heavy atom. The van der Waals surface area contributed by atoms with Crippen molar-refractivity contribution in [2.24, 2.45) is 0 Å². The molecule has 1 amide bonds. The molecule has 0 saturated carbocycles. The van der Waals surface area contributed by atoms with E-state index in [9.17, 15) is 9.18 Å².